The zero-order valence-electron chi connectivity index (χ0n) is 12.5. The third-order valence-corrected chi connectivity index (χ3v) is 3.71. The van der Waals surface area contributed by atoms with Gasteiger partial charge in [0.25, 0.3) is 0 Å². The molecule has 5 heteroatoms. The molecule has 0 bridgehead atoms. The number of rotatable bonds is 1. The highest BCUT2D eigenvalue weighted by molar-refractivity contribution is 5.41. The zero-order valence-corrected chi connectivity index (χ0v) is 12.5. The molecule has 2 heterocycles. The zero-order chi connectivity index (χ0) is 15.2. The van der Waals surface area contributed by atoms with Gasteiger partial charge in [0.2, 0.25) is 0 Å². The molecular formula is C16H19F2N3. The number of hydrogen-bond acceptors (Lipinski definition) is 2. The number of aromatic nitrogens is 2. The summed E-state index contributed by atoms with van der Waals surface area (Å²) in [5, 5.41) is 3.28. The van der Waals surface area contributed by atoms with Crippen molar-refractivity contribution < 1.29 is 8.78 Å². The van der Waals surface area contributed by atoms with Crippen LogP contribution in [0.25, 0.3) is 5.69 Å². The second kappa shape index (κ2) is 4.91. The summed E-state index contributed by atoms with van der Waals surface area (Å²) in [5.74, 6) is -0.315. The Kier molecular flexibility index (Phi) is 3.32. The number of halogens is 2. The van der Waals surface area contributed by atoms with Crippen LogP contribution in [0.5, 0.6) is 0 Å². The van der Waals surface area contributed by atoms with E-state index >= 15 is 0 Å². The summed E-state index contributed by atoms with van der Waals surface area (Å²) < 4.78 is 29.3. The highest BCUT2D eigenvalue weighted by Gasteiger charge is 2.28. The normalized spacial score (nSPS) is 15.1. The van der Waals surface area contributed by atoms with Crippen molar-refractivity contribution >= 4 is 0 Å². The summed E-state index contributed by atoms with van der Waals surface area (Å²) in [5.41, 5.74) is 2.12. The van der Waals surface area contributed by atoms with E-state index in [4.69, 9.17) is 4.98 Å². The predicted octanol–water partition coefficient (Wildman–Crippen LogP) is 3.09. The maximum Gasteiger partial charge on any atom is 0.150 e. The maximum atomic E-state index is 14.2. The van der Waals surface area contributed by atoms with Gasteiger partial charge in [0.1, 0.15) is 17.5 Å². The molecule has 0 saturated heterocycles. The van der Waals surface area contributed by atoms with Crippen molar-refractivity contribution in [3.8, 4) is 5.69 Å². The fraction of sp³-hybridized carbons (Fsp3) is 0.438. The lowest BCUT2D eigenvalue weighted by Gasteiger charge is -2.22. The maximum absolute atomic E-state index is 14.2. The first-order valence-corrected chi connectivity index (χ1v) is 7.15. The Balaban J connectivity index is 2.27. The molecule has 112 valence electrons. The molecule has 1 aliphatic rings. The average molecular weight is 291 g/mol. The predicted molar refractivity (Wildman–Crippen MR) is 77.6 cm³/mol. The molecule has 2 aromatic rings. The summed E-state index contributed by atoms with van der Waals surface area (Å²) >= 11 is 0. The molecule has 3 nitrogen and oxygen atoms in total. The Hall–Kier alpha value is -1.75. The molecule has 0 amide bonds. The van der Waals surface area contributed by atoms with Gasteiger partial charge in [-0.2, -0.15) is 0 Å². The molecule has 3 rings (SSSR count). The monoisotopic (exact) mass is 291 g/mol. The van der Waals surface area contributed by atoms with E-state index in [1.807, 2.05) is 25.3 Å². The molecule has 0 spiro atoms. The smallest absolute Gasteiger partial charge is 0.150 e. The first kappa shape index (κ1) is 14.2. The fourth-order valence-electron chi connectivity index (χ4n) is 2.74. The molecule has 0 radical (unpaired) electrons. The standard InChI is InChI=1S/C16H19F2N3/c1-16(2,3)15-20-12-9-19-7-6-14(12)21(15)13-5-4-10(17)8-11(13)18/h4-5,8,19H,6-7,9H2,1-3H3. The number of hydrogen-bond donors (Lipinski definition) is 1. The Morgan fingerprint density at radius 3 is 2.67 bits per heavy atom. The van der Waals surface area contributed by atoms with Crippen molar-refractivity contribution in [1.29, 1.82) is 0 Å². The number of imidazole rings is 1. The van der Waals surface area contributed by atoms with E-state index in [0.717, 1.165) is 36.2 Å². The quantitative estimate of drug-likeness (QED) is 0.875. The SMILES string of the molecule is CC(C)(C)c1nc2c(n1-c1ccc(F)cc1F)CCNC2. The van der Waals surface area contributed by atoms with Gasteiger partial charge in [-0.05, 0) is 12.1 Å². The van der Waals surface area contributed by atoms with Gasteiger partial charge in [-0.3, -0.25) is 4.57 Å². The summed E-state index contributed by atoms with van der Waals surface area (Å²) in [6, 6.07) is 3.71. The minimum absolute atomic E-state index is 0.224. The van der Waals surface area contributed by atoms with Crippen molar-refractivity contribution in [2.75, 3.05) is 6.54 Å². The fourth-order valence-corrected chi connectivity index (χ4v) is 2.74. The van der Waals surface area contributed by atoms with Gasteiger partial charge in [0.05, 0.1) is 11.4 Å². The molecule has 1 N–H and O–H groups in total. The van der Waals surface area contributed by atoms with Crippen LogP contribution in [0.3, 0.4) is 0 Å². The van der Waals surface area contributed by atoms with Gasteiger partial charge in [-0.15, -0.1) is 0 Å². The number of fused-ring (bicyclic) bond motifs is 1. The number of nitrogens with one attached hydrogen (secondary N) is 1. The minimum atomic E-state index is -0.566. The van der Waals surface area contributed by atoms with Crippen LogP contribution >= 0.6 is 0 Å². The van der Waals surface area contributed by atoms with Crippen molar-refractivity contribution in [2.45, 2.75) is 39.2 Å². The van der Waals surface area contributed by atoms with Gasteiger partial charge in [0, 0.05) is 36.7 Å². The van der Waals surface area contributed by atoms with Gasteiger partial charge < -0.3 is 5.32 Å². The number of nitrogens with zero attached hydrogens (tertiary/aromatic N) is 2. The van der Waals surface area contributed by atoms with Gasteiger partial charge >= 0.3 is 0 Å². The van der Waals surface area contributed by atoms with Gasteiger partial charge in [-0.1, -0.05) is 20.8 Å². The van der Waals surface area contributed by atoms with Crippen molar-refractivity contribution in [3.63, 3.8) is 0 Å². The van der Waals surface area contributed by atoms with Crippen LogP contribution in [0.4, 0.5) is 8.78 Å². The lowest BCUT2D eigenvalue weighted by molar-refractivity contribution is 0.522. The van der Waals surface area contributed by atoms with Crippen LogP contribution in [0.2, 0.25) is 0 Å². The van der Waals surface area contributed by atoms with Crippen LogP contribution in [0, 0.1) is 11.6 Å². The first-order chi connectivity index (χ1) is 9.88. The van der Waals surface area contributed by atoms with Gasteiger partial charge in [-0.25, -0.2) is 13.8 Å². The van der Waals surface area contributed by atoms with Gasteiger partial charge in [0.15, 0.2) is 0 Å². The molecule has 1 aromatic heterocycles. The molecule has 1 aromatic carbocycles. The van der Waals surface area contributed by atoms with E-state index in [1.165, 1.54) is 12.1 Å². The Morgan fingerprint density at radius 2 is 2.00 bits per heavy atom. The van der Waals surface area contributed by atoms with E-state index in [2.05, 4.69) is 5.32 Å². The van der Waals surface area contributed by atoms with E-state index in [1.54, 1.807) is 0 Å². The van der Waals surface area contributed by atoms with Crippen molar-refractivity contribution in [2.24, 2.45) is 0 Å². The topological polar surface area (TPSA) is 29.9 Å². The first-order valence-electron chi connectivity index (χ1n) is 7.15. The second-order valence-electron chi connectivity index (χ2n) is 6.44. The van der Waals surface area contributed by atoms with E-state index in [0.29, 0.717) is 12.2 Å². The summed E-state index contributed by atoms with van der Waals surface area (Å²) in [6.45, 7) is 7.67. The molecule has 1 aliphatic heterocycles. The Bertz CT molecular complexity index is 684. The van der Waals surface area contributed by atoms with Crippen molar-refractivity contribution in [3.05, 3.63) is 47.0 Å². The van der Waals surface area contributed by atoms with Crippen molar-refractivity contribution in [1.82, 2.24) is 14.9 Å². The summed E-state index contributed by atoms with van der Waals surface area (Å²) in [4.78, 5) is 4.70. The molecule has 0 fully saturated rings. The lowest BCUT2D eigenvalue weighted by Crippen LogP contribution is -2.25. The summed E-state index contributed by atoms with van der Waals surface area (Å²) in [7, 11) is 0. The second-order valence-corrected chi connectivity index (χ2v) is 6.44. The molecule has 0 unspecified atom stereocenters. The highest BCUT2D eigenvalue weighted by Crippen LogP contribution is 2.30. The largest absolute Gasteiger partial charge is 0.311 e. The van der Waals surface area contributed by atoms with Crippen LogP contribution in [-0.2, 0) is 18.4 Å². The van der Waals surface area contributed by atoms with Crippen LogP contribution in [0.1, 0.15) is 38.0 Å². The lowest BCUT2D eigenvalue weighted by atomic mass is 9.95. The molecule has 0 atom stereocenters. The van der Waals surface area contributed by atoms with E-state index in [-0.39, 0.29) is 5.41 Å². The Morgan fingerprint density at radius 1 is 1.24 bits per heavy atom. The van der Waals surface area contributed by atoms with E-state index < -0.39 is 11.6 Å². The molecule has 0 saturated carbocycles. The molecular weight excluding hydrogens is 272 g/mol. The van der Waals surface area contributed by atoms with Crippen LogP contribution in [0.15, 0.2) is 18.2 Å². The van der Waals surface area contributed by atoms with Crippen LogP contribution < -0.4 is 5.32 Å². The summed E-state index contributed by atoms with van der Waals surface area (Å²) in [6.07, 6.45) is 0.787. The van der Waals surface area contributed by atoms with E-state index in [9.17, 15) is 8.78 Å². The minimum Gasteiger partial charge on any atom is -0.311 e. The molecule has 0 aliphatic carbocycles. The average Bonchev–Trinajstić information content (AvgIpc) is 2.78. The highest BCUT2D eigenvalue weighted by atomic mass is 19.1. The Labute approximate surface area is 123 Å². The number of benzene rings is 1. The third kappa shape index (κ3) is 2.46. The third-order valence-electron chi connectivity index (χ3n) is 3.71. The van der Waals surface area contributed by atoms with Crippen LogP contribution in [-0.4, -0.2) is 16.1 Å². The molecule has 21 heavy (non-hydrogen) atoms.